The van der Waals surface area contributed by atoms with Crippen LogP contribution < -0.4 is 10.6 Å². The summed E-state index contributed by atoms with van der Waals surface area (Å²) in [6.45, 7) is 4.17. The van der Waals surface area contributed by atoms with E-state index in [1.165, 1.54) is 6.07 Å². The molecule has 1 heterocycles. The molecular formula is C12H17FN2. The third kappa shape index (κ3) is 2.76. The Morgan fingerprint density at radius 1 is 1.33 bits per heavy atom. The minimum atomic E-state index is -0.149. The molecule has 2 rings (SSSR count). The van der Waals surface area contributed by atoms with Crippen LogP contribution in [-0.2, 0) is 6.42 Å². The summed E-state index contributed by atoms with van der Waals surface area (Å²) in [6.07, 6.45) is 0.881. The van der Waals surface area contributed by atoms with E-state index in [0.717, 1.165) is 25.1 Å². The van der Waals surface area contributed by atoms with Crippen molar-refractivity contribution in [2.45, 2.75) is 25.4 Å². The monoisotopic (exact) mass is 208 g/mol. The lowest BCUT2D eigenvalue weighted by Crippen LogP contribution is -2.55. The van der Waals surface area contributed by atoms with Gasteiger partial charge >= 0.3 is 0 Å². The second-order valence-electron chi connectivity index (χ2n) is 4.14. The highest BCUT2D eigenvalue weighted by atomic mass is 19.1. The molecule has 2 N–H and O–H groups in total. The molecule has 1 aromatic carbocycles. The zero-order valence-corrected chi connectivity index (χ0v) is 8.96. The van der Waals surface area contributed by atoms with Crippen LogP contribution in [0.2, 0.25) is 0 Å². The van der Waals surface area contributed by atoms with Crippen molar-refractivity contribution in [3.8, 4) is 0 Å². The first-order valence-electron chi connectivity index (χ1n) is 5.47. The van der Waals surface area contributed by atoms with Gasteiger partial charge in [0.2, 0.25) is 0 Å². The van der Waals surface area contributed by atoms with Gasteiger partial charge in [0.1, 0.15) is 5.82 Å². The van der Waals surface area contributed by atoms with Crippen molar-refractivity contribution in [2.24, 2.45) is 0 Å². The number of nitrogens with one attached hydrogen (secondary N) is 2. The normalized spacial score (nSPS) is 26.5. The van der Waals surface area contributed by atoms with Gasteiger partial charge in [0, 0.05) is 25.2 Å². The molecule has 0 aliphatic carbocycles. The molecule has 2 unspecified atom stereocenters. The van der Waals surface area contributed by atoms with Crippen molar-refractivity contribution in [2.75, 3.05) is 13.1 Å². The molecular weight excluding hydrogens is 191 g/mol. The van der Waals surface area contributed by atoms with E-state index < -0.39 is 0 Å². The van der Waals surface area contributed by atoms with Crippen LogP contribution in [0.4, 0.5) is 4.39 Å². The summed E-state index contributed by atoms with van der Waals surface area (Å²) in [4.78, 5) is 0. The second kappa shape index (κ2) is 4.73. The summed E-state index contributed by atoms with van der Waals surface area (Å²) in [5.41, 5.74) is 1.06. The fraction of sp³-hybridized carbons (Fsp3) is 0.500. The van der Waals surface area contributed by atoms with Gasteiger partial charge in [0.15, 0.2) is 0 Å². The lowest BCUT2D eigenvalue weighted by atomic mass is 9.99. The Morgan fingerprint density at radius 2 is 2.13 bits per heavy atom. The van der Waals surface area contributed by atoms with Crippen molar-refractivity contribution < 1.29 is 4.39 Å². The Hall–Kier alpha value is -0.930. The van der Waals surface area contributed by atoms with Crippen LogP contribution in [0.25, 0.3) is 0 Å². The van der Waals surface area contributed by atoms with E-state index in [-0.39, 0.29) is 5.82 Å². The summed E-state index contributed by atoms with van der Waals surface area (Å²) >= 11 is 0. The Bertz CT molecular complexity index is 327. The van der Waals surface area contributed by atoms with E-state index >= 15 is 0 Å². The van der Waals surface area contributed by atoms with Crippen LogP contribution >= 0.6 is 0 Å². The molecule has 1 saturated heterocycles. The van der Waals surface area contributed by atoms with Crippen LogP contribution in [-0.4, -0.2) is 25.2 Å². The lowest BCUT2D eigenvalue weighted by Gasteiger charge is -2.31. The molecule has 1 aliphatic rings. The fourth-order valence-electron chi connectivity index (χ4n) is 2.04. The van der Waals surface area contributed by atoms with E-state index in [0.29, 0.717) is 12.1 Å². The summed E-state index contributed by atoms with van der Waals surface area (Å²) in [7, 11) is 0. The topological polar surface area (TPSA) is 24.1 Å². The molecule has 1 aromatic rings. The van der Waals surface area contributed by atoms with Gasteiger partial charge < -0.3 is 10.6 Å². The molecule has 0 amide bonds. The second-order valence-corrected chi connectivity index (χ2v) is 4.14. The highest BCUT2D eigenvalue weighted by Crippen LogP contribution is 2.09. The third-order valence-electron chi connectivity index (χ3n) is 2.95. The van der Waals surface area contributed by atoms with Gasteiger partial charge in [-0.3, -0.25) is 0 Å². The Balaban J connectivity index is 2.01. The van der Waals surface area contributed by atoms with Crippen molar-refractivity contribution >= 4 is 0 Å². The zero-order valence-electron chi connectivity index (χ0n) is 8.96. The summed E-state index contributed by atoms with van der Waals surface area (Å²) in [5, 5.41) is 6.86. The first-order chi connectivity index (χ1) is 7.25. The predicted molar refractivity (Wildman–Crippen MR) is 59.4 cm³/mol. The maximum absolute atomic E-state index is 13.0. The van der Waals surface area contributed by atoms with Gasteiger partial charge in [0.05, 0.1) is 0 Å². The van der Waals surface area contributed by atoms with Crippen LogP contribution in [0.15, 0.2) is 24.3 Å². The first kappa shape index (κ1) is 10.6. The van der Waals surface area contributed by atoms with Gasteiger partial charge in [-0.15, -0.1) is 0 Å². The fourth-order valence-corrected chi connectivity index (χ4v) is 2.04. The predicted octanol–water partition coefficient (Wildman–Crippen LogP) is 1.32. The summed E-state index contributed by atoms with van der Waals surface area (Å²) < 4.78 is 13.0. The number of hydrogen-bond acceptors (Lipinski definition) is 2. The standard InChI is InChI=1S/C12H17FN2/c1-9-12(15-6-5-14-9)8-10-3-2-4-11(13)7-10/h2-4,7,9,12,14-15H,5-6,8H2,1H3. The van der Waals surface area contributed by atoms with Gasteiger partial charge in [-0.05, 0) is 31.0 Å². The largest absolute Gasteiger partial charge is 0.311 e. The zero-order chi connectivity index (χ0) is 10.7. The maximum atomic E-state index is 13.0. The highest BCUT2D eigenvalue weighted by Gasteiger charge is 2.20. The smallest absolute Gasteiger partial charge is 0.123 e. The number of halogens is 1. The van der Waals surface area contributed by atoms with E-state index in [9.17, 15) is 4.39 Å². The molecule has 0 radical (unpaired) electrons. The van der Waals surface area contributed by atoms with Crippen molar-refractivity contribution in [1.82, 2.24) is 10.6 Å². The van der Waals surface area contributed by atoms with Crippen molar-refractivity contribution in [3.63, 3.8) is 0 Å². The molecule has 3 heteroatoms. The van der Waals surface area contributed by atoms with Crippen LogP contribution in [0, 0.1) is 5.82 Å². The molecule has 82 valence electrons. The number of hydrogen-bond donors (Lipinski definition) is 2. The minimum Gasteiger partial charge on any atom is -0.311 e. The molecule has 1 fully saturated rings. The summed E-state index contributed by atoms with van der Waals surface area (Å²) in [5.74, 6) is -0.149. The van der Waals surface area contributed by atoms with E-state index in [1.807, 2.05) is 6.07 Å². The quantitative estimate of drug-likeness (QED) is 0.766. The molecule has 1 aliphatic heterocycles. The summed E-state index contributed by atoms with van der Waals surface area (Å²) in [6, 6.07) is 7.70. The van der Waals surface area contributed by atoms with Crippen molar-refractivity contribution in [3.05, 3.63) is 35.6 Å². The van der Waals surface area contributed by atoms with Gasteiger partial charge in [-0.2, -0.15) is 0 Å². The molecule has 2 atom stereocenters. The Morgan fingerprint density at radius 3 is 2.87 bits per heavy atom. The van der Waals surface area contributed by atoms with Crippen LogP contribution in [0.1, 0.15) is 12.5 Å². The number of rotatable bonds is 2. The van der Waals surface area contributed by atoms with E-state index in [1.54, 1.807) is 12.1 Å². The SMILES string of the molecule is CC1NCCNC1Cc1cccc(F)c1. The average molecular weight is 208 g/mol. The number of piperazine rings is 1. The minimum absolute atomic E-state index is 0.149. The first-order valence-corrected chi connectivity index (χ1v) is 5.47. The van der Waals surface area contributed by atoms with Crippen molar-refractivity contribution in [1.29, 1.82) is 0 Å². The molecule has 15 heavy (non-hydrogen) atoms. The molecule has 0 bridgehead atoms. The highest BCUT2D eigenvalue weighted by molar-refractivity contribution is 5.18. The molecule has 2 nitrogen and oxygen atoms in total. The van der Waals surface area contributed by atoms with Crippen LogP contribution in [0.3, 0.4) is 0 Å². The molecule has 0 spiro atoms. The number of benzene rings is 1. The third-order valence-corrected chi connectivity index (χ3v) is 2.95. The Labute approximate surface area is 89.9 Å². The maximum Gasteiger partial charge on any atom is 0.123 e. The molecule has 0 saturated carbocycles. The lowest BCUT2D eigenvalue weighted by molar-refractivity contribution is 0.336. The van der Waals surface area contributed by atoms with Crippen LogP contribution in [0.5, 0.6) is 0 Å². The molecule has 0 aromatic heterocycles. The van der Waals surface area contributed by atoms with Gasteiger partial charge in [-0.1, -0.05) is 12.1 Å². The van der Waals surface area contributed by atoms with Gasteiger partial charge in [0.25, 0.3) is 0 Å². The Kier molecular flexibility index (Phi) is 3.34. The average Bonchev–Trinajstić information content (AvgIpc) is 2.22. The van der Waals surface area contributed by atoms with Gasteiger partial charge in [-0.25, -0.2) is 4.39 Å². The van der Waals surface area contributed by atoms with E-state index in [4.69, 9.17) is 0 Å². The van der Waals surface area contributed by atoms with E-state index in [2.05, 4.69) is 17.6 Å².